The standard InChI is InChI=1S/C17H14N2O6S2/c1-2-24-13-8-11(19(22)23)6-10(15(13)20)7-14-16(21)18(17(26)27-14)9-12-4-3-5-25-12/h3-8,20H,2,9H2,1H3/p-1/b14-7+. The van der Waals surface area contributed by atoms with Crippen molar-refractivity contribution < 1.29 is 24.0 Å². The molecule has 10 heteroatoms. The first-order valence-electron chi connectivity index (χ1n) is 7.80. The van der Waals surface area contributed by atoms with Crippen LogP contribution < -0.4 is 9.84 Å². The minimum atomic E-state index is -0.624. The lowest BCUT2D eigenvalue weighted by atomic mass is 10.1. The molecule has 0 saturated carbocycles. The average molecular weight is 405 g/mol. The van der Waals surface area contributed by atoms with Crippen molar-refractivity contribution in [2.24, 2.45) is 0 Å². The Balaban J connectivity index is 1.95. The van der Waals surface area contributed by atoms with Crippen molar-refractivity contribution >= 4 is 46.0 Å². The van der Waals surface area contributed by atoms with Gasteiger partial charge >= 0.3 is 0 Å². The second-order valence-electron chi connectivity index (χ2n) is 5.40. The highest BCUT2D eigenvalue weighted by Crippen LogP contribution is 2.38. The van der Waals surface area contributed by atoms with E-state index in [2.05, 4.69) is 0 Å². The molecule has 0 unspecified atom stereocenters. The van der Waals surface area contributed by atoms with Gasteiger partial charge in [0.15, 0.2) is 0 Å². The van der Waals surface area contributed by atoms with Crippen LogP contribution in [0.2, 0.25) is 0 Å². The van der Waals surface area contributed by atoms with E-state index in [0.717, 1.165) is 23.9 Å². The molecular formula is C17H13N2O6S2-. The van der Waals surface area contributed by atoms with Gasteiger partial charge in [0.1, 0.15) is 15.8 Å². The van der Waals surface area contributed by atoms with Crippen molar-refractivity contribution in [1.29, 1.82) is 0 Å². The Hall–Kier alpha value is -2.85. The van der Waals surface area contributed by atoms with Crippen molar-refractivity contribution in [2.75, 3.05) is 6.61 Å². The number of benzene rings is 1. The number of thiocarbonyl (C=S) groups is 1. The van der Waals surface area contributed by atoms with Gasteiger partial charge < -0.3 is 14.3 Å². The van der Waals surface area contributed by atoms with Gasteiger partial charge in [-0.05, 0) is 30.7 Å². The van der Waals surface area contributed by atoms with Crippen LogP contribution in [-0.2, 0) is 11.3 Å². The summed E-state index contributed by atoms with van der Waals surface area (Å²) in [5, 5.41) is 23.6. The smallest absolute Gasteiger partial charge is 0.273 e. The summed E-state index contributed by atoms with van der Waals surface area (Å²) in [6.45, 7) is 2.01. The van der Waals surface area contributed by atoms with Crippen LogP contribution in [0, 0.1) is 10.1 Å². The lowest BCUT2D eigenvalue weighted by molar-refractivity contribution is -0.385. The molecule has 1 aliphatic heterocycles. The number of hydrogen-bond acceptors (Lipinski definition) is 8. The number of ether oxygens (including phenoxy) is 1. The summed E-state index contributed by atoms with van der Waals surface area (Å²) < 4.78 is 10.7. The average Bonchev–Trinajstić information content (AvgIpc) is 3.22. The van der Waals surface area contributed by atoms with E-state index in [4.69, 9.17) is 21.4 Å². The van der Waals surface area contributed by atoms with Crippen LogP contribution in [-0.4, -0.2) is 26.7 Å². The van der Waals surface area contributed by atoms with E-state index in [1.54, 1.807) is 19.1 Å². The molecule has 1 aromatic heterocycles. The van der Waals surface area contributed by atoms with Gasteiger partial charge in [-0.15, -0.1) is 0 Å². The molecule has 8 nitrogen and oxygen atoms in total. The molecule has 2 heterocycles. The summed E-state index contributed by atoms with van der Waals surface area (Å²) in [6.07, 6.45) is 2.80. The molecule has 1 saturated heterocycles. The fourth-order valence-corrected chi connectivity index (χ4v) is 3.67. The number of nitro groups is 1. The Morgan fingerprint density at radius 1 is 1.44 bits per heavy atom. The molecule has 140 valence electrons. The predicted octanol–water partition coefficient (Wildman–Crippen LogP) is 3.06. The molecule has 0 atom stereocenters. The number of nitrogens with zero attached hydrogens (tertiary/aromatic N) is 2. The maximum absolute atomic E-state index is 12.6. The summed E-state index contributed by atoms with van der Waals surface area (Å²) >= 11 is 6.24. The van der Waals surface area contributed by atoms with Gasteiger partial charge in [0.2, 0.25) is 0 Å². The van der Waals surface area contributed by atoms with Gasteiger partial charge in [0, 0.05) is 6.07 Å². The third kappa shape index (κ3) is 3.96. The van der Waals surface area contributed by atoms with E-state index in [0.29, 0.717) is 10.1 Å². The van der Waals surface area contributed by atoms with Crippen molar-refractivity contribution in [3.05, 3.63) is 56.9 Å². The highest BCUT2D eigenvalue weighted by atomic mass is 32.2. The second kappa shape index (κ2) is 7.80. The van der Waals surface area contributed by atoms with Gasteiger partial charge in [-0.1, -0.05) is 29.7 Å². The lowest BCUT2D eigenvalue weighted by Crippen LogP contribution is -2.27. The number of non-ortho nitro benzene ring substituents is 1. The molecule has 1 aliphatic rings. The maximum Gasteiger partial charge on any atom is 0.273 e. The zero-order valence-corrected chi connectivity index (χ0v) is 15.7. The molecule has 0 aliphatic carbocycles. The van der Waals surface area contributed by atoms with Crippen LogP contribution in [0.25, 0.3) is 6.08 Å². The number of amides is 1. The number of rotatable bonds is 6. The van der Waals surface area contributed by atoms with Crippen molar-refractivity contribution in [3.8, 4) is 11.5 Å². The molecule has 0 spiro atoms. The molecule has 1 fully saturated rings. The van der Waals surface area contributed by atoms with Gasteiger partial charge in [0.05, 0.1) is 35.3 Å². The molecule has 0 bridgehead atoms. The largest absolute Gasteiger partial charge is 0.870 e. The van der Waals surface area contributed by atoms with E-state index in [9.17, 15) is 20.0 Å². The molecular weight excluding hydrogens is 392 g/mol. The quantitative estimate of drug-likeness (QED) is 0.312. The minimum absolute atomic E-state index is 0.00820. The molecule has 0 radical (unpaired) electrons. The number of thioether (sulfide) groups is 1. The Bertz CT molecular complexity index is 939. The maximum atomic E-state index is 12.6. The van der Waals surface area contributed by atoms with E-state index in [1.807, 2.05) is 0 Å². The zero-order chi connectivity index (χ0) is 19.6. The van der Waals surface area contributed by atoms with Crippen LogP contribution >= 0.6 is 24.0 Å². The van der Waals surface area contributed by atoms with Crippen molar-refractivity contribution in [1.82, 2.24) is 4.90 Å². The van der Waals surface area contributed by atoms with E-state index in [1.165, 1.54) is 17.2 Å². The van der Waals surface area contributed by atoms with Crippen LogP contribution in [0.4, 0.5) is 5.69 Å². The topological polar surface area (TPSA) is 109 Å². The van der Waals surface area contributed by atoms with Crippen molar-refractivity contribution in [2.45, 2.75) is 13.5 Å². The van der Waals surface area contributed by atoms with Crippen LogP contribution in [0.3, 0.4) is 0 Å². The van der Waals surface area contributed by atoms with E-state index < -0.39 is 16.6 Å². The molecule has 3 rings (SSSR count). The normalized spacial score (nSPS) is 15.6. The molecule has 27 heavy (non-hydrogen) atoms. The van der Waals surface area contributed by atoms with Crippen LogP contribution in [0.5, 0.6) is 11.5 Å². The number of hydrogen-bond donors (Lipinski definition) is 0. The monoisotopic (exact) mass is 405 g/mol. The van der Waals surface area contributed by atoms with E-state index >= 15 is 0 Å². The van der Waals surface area contributed by atoms with Crippen LogP contribution in [0.1, 0.15) is 18.2 Å². The third-order valence-electron chi connectivity index (χ3n) is 3.63. The highest BCUT2D eigenvalue weighted by Gasteiger charge is 2.32. The number of carbonyl (C=O) groups excluding carboxylic acids is 1. The van der Waals surface area contributed by atoms with Gasteiger partial charge in [-0.25, -0.2) is 0 Å². The fraction of sp³-hybridized carbons (Fsp3) is 0.176. The summed E-state index contributed by atoms with van der Waals surface area (Å²) in [4.78, 5) is 24.7. The Morgan fingerprint density at radius 3 is 2.85 bits per heavy atom. The SMILES string of the molecule is CCOc1cc([N+](=O)[O-])cc(/C=C2/SC(=S)N(Cc3ccco3)C2=O)c1[O-]. The Labute approximate surface area is 163 Å². The third-order valence-corrected chi connectivity index (χ3v) is 5.01. The predicted molar refractivity (Wildman–Crippen MR) is 101 cm³/mol. The van der Waals surface area contributed by atoms with Gasteiger partial charge in [-0.2, -0.15) is 0 Å². The molecule has 1 amide bonds. The van der Waals surface area contributed by atoms with Crippen molar-refractivity contribution in [3.63, 3.8) is 0 Å². The minimum Gasteiger partial charge on any atom is -0.870 e. The highest BCUT2D eigenvalue weighted by molar-refractivity contribution is 8.26. The number of nitro benzene ring substituents is 1. The van der Waals surface area contributed by atoms with E-state index in [-0.39, 0.29) is 35.1 Å². The summed E-state index contributed by atoms with van der Waals surface area (Å²) in [6, 6.07) is 5.60. The first kappa shape index (κ1) is 18.9. The summed E-state index contributed by atoms with van der Waals surface area (Å²) in [7, 11) is 0. The zero-order valence-electron chi connectivity index (χ0n) is 14.0. The first-order valence-corrected chi connectivity index (χ1v) is 9.03. The fourth-order valence-electron chi connectivity index (χ4n) is 2.42. The molecule has 2 aromatic rings. The van der Waals surface area contributed by atoms with Gasteiger partial charge in [0.25, 0.3) is 11.6 Å². The first-order chi connectivity index (χ1) is 12.9. The Morgan fingerprint density at radius 2 is 2.22 bits per heavy atom. The number of carbonyl (C=O) groups is 1. The summed E-state index contributed by atoms with van der Waals surface area (Å²) in [5.74, 6) is -0.501. The Kier molecular flexibility index (Phi) is 5.47. The summed E-state index contributed by atoms with van der Waals surface area (Å²) in [5.41, 5.74) is -0.304. The molecule has 1 aromatic carbocycles. The van der Waals surface area contributed by atoms with Gasteiger partial charge in [-0.3, -0.25) is 19.8 Å². The second-order valence-corrected chi connectivity index (χ2v) is 7.08. The van der Waals surface area contributed by atoms with Crippen LogP contribution in [0.15, 0.2) is 39.9 Å². The number of furan rings is 1. The molecule has 0 N–H and O–H groups in total. The lowest BCUT2D eigenvalue weighted by Gasteiger charge is -2.17.